The SMILES string of the molecule is CC1(CBr)CCC(C)(C(F)(F)F)O1. The molecule has 1 nitrogen and oxygen atoms in total. The Bertz CT molecular complexity index is 206. The van der Waals surface area contributed by atoms with E-state index in [1.54, 1.807) is 6.92 Å². The van der Waals surface area contributed by atoms with Crippen molar-refractivity contribution in [2.75, 3.05) is 5.33 Å². The van der Waals surface area contributed by atoms with Crippen molar-refractivity contribution in [3.05, 3.63) is 0 Å². The highest BCUT2D eigenvalue weighted by molar-refractivity contribution is 9.09. The fourth-order valence-electron chi connectivity index (χ4n) is 1.44. The molecule has 1 heterocycles. The Morgan fingerprint density at radius 2 is 1.85 bits per heavy atom. The van der Waals surface area contributed by atoms with Crippen LogP contribution in [0.3, 0.4) is 0 Å². The number of alkyl halides is 4. The van der Waals surface area contributed by atoms with Crippen molar-refractivity contribution < 1.29 is 17.9 Å². The minimum Gasteiger partial charge on any atom is -0.359 e. The Morgan fingerprint density at radius 3 is 2.08 bits per heavy atom. The van der Waals surface area contributed by atoms with E-state index in [0.29, 0.717) is 11.8 Å². The first-order chi connectivity index (χ1) is 5.72. The van der Waals surface area contributed by atoms with Crippen LogP contribution in [0.2, 0.25) is 0 Å². The van der Waals surface area contributed by atoms with E-state index < -0.39 is 17.4 Å². The van der Waals surface area contributed by atoms with Crippen LogP contribution in [-0.4, -0.2) is 22.7 Å². The van der Waals surface area contributed by atoms with E-state index in [0.717, 1.165) is 6.92 Å². The molecule has 2 unspecified atom stereocenters. The fourth-order valence-corrected chi connectivity index (χ4v) is 1.84. The molecule has 5 heteroatoms. The van der Waals surface area contributed by atoms with Crippen molar-refractivity contribution in [3.63, 3.8) is 0 Å². The minimum absolute atomic E-state index is 0.0403. The maximum atomic E-state index is 12.5. The largest absolute Gasteiger partial charge is 0.417 e. The fraction of sp³-hybridized carbons (Fsp3) is 1.00. The van der Waals surface area contributed by atoms with Crippen molar-refractivity contribution in [3.8, 4) is 0 Å². The van der Waals surface area contributed by atoms with Gasteiger partial charge in [0.25, 0.3) is 0 Å². The predicted octanol–water partition coefficient (Wildman–Crippen LogP) is 3.27. The quantitative estimate of drug-likeness (QED) is 0.658. The summed E-state index contributed by atoms with van der Waals surface area (Å²) in [7, 11) is 0. The van der Waals surface area contributed by atoms with Gasteiger partial charge in [-0.15, -0.1) is 0 Å². The number of halogens is 4. The van der Waals surface area contributed by atoms with Crippen molar-refractivity contribution in [2.45, 2.75) is 44.1 Å². The molecule has 0 aromatic carbocycles. The molecular formula is C8H12BrF3O. The number of ether oxygens (including phenoxy) is 1. The average molecular weight is 261 g/mol. The summed E-state index contributed by atoms with van der Waals surface area (Å²) in [6.07, 6.45) is -3.79. The lowest BCUT2D eigenvalue weighted by Crippen LogP contribution is -2.44. The number of hydrogen-bond donors (Lipinski definition) is 0. The average Bonchev–Trinajstić information content (AvgIpc) is 2.29. The molecule has 0 aromatic heterocycles. The lowest BCUT2D eigenvalue weighted by molar-refractivity contribution is -0.273. The van der Waals surface area contributed by atoms with Gasteiger partial charge < -0.3 is 4.74 Å². The van der Waals surface area contributed by atoms with Gasteiger partial charge in [0.15, 0.2) is 5.60 Å². The van der Waals surface area contributed by atoms with Crippen LogP contribution in [0.15, 0.2) is 0 Å². The van der Waals surface area contributed by atoms with Crippen LogP contribution in [0.25, 0.3) is 0 Å². The summed E-state index contributed by atoms with van der Waals surface area (Å²) in [5, 5.41) is 0.436. The molecule has 0 aromatic rings. The molecule has 0 amide bonds. The van der Waals surface area contributed by atoms with E-state index in [1.165, 1.54) is 0 Å². The zero-order chi connectivity index (χ0) is 10.3. The van der Waals surface area contributed by atoms with Crippen molar-refractivity contribution in [2.24, 2.45) is 0 Å². The van der Waals surface area contributed by atoms with Crippen LogP contribution < -0.4 is 0 Å². The highest BCUT2D eigenvalue weighted by atomic mass is 79.9. The monoisotopic (exact) mass is 260 g/mol. The summed E-state index contributed by atoms with van der Waals surface area (Å²) in [4.78, 5) is 0. The lowest BCUT2D eigenvalue weighted by Gasteiger charge is -2.30. The minimum atomic E-state index is -4.27. The smallest absolute Gasteiger partial charge is 0.359 e. The standard InChI is InChI=1S/C8H12BrF3O/c1-6(5-9)3-4-7(2,13-6)8(10,11)12/h3-5H2,1-2H3. The Hall–Kier alpha value is 0.230. The second-order valence-electron chi connectivity index (χ2n) is 3.91. The van der Waals surface area contributed by atoms with E-state index in [2.05, 4.69) is 15.9 Å². The molecule has 1 fully saturated rings. The molecule has 0 N–H and O–H groups in total. The molecule has 0 radical (unpaired) electrons. The van der Waals surface area contributed by atoms with Crippen LogP contribution in [0, 0.1) is 0 Å². The topological polar surface area (TPSA) is 9.23 Å². The Kier molecular flexibility index (Phi) is 2.71. The highest BCUT2D eigenvalue weighted by Crippen LogP contribution is 2.47. The third-order valence-corrected chi connectivity index (χ3v) is 3.67. The Morgan fingerprint density at radius 1 is 1.31 bits per heavy atom. The molecule has 78 valence electrons. The van der Waals surface area contributed by atoms with Gasteiger partial charge >= 0.3 is 6.18 Å². The van der Waals surface area contributed by atoms with Gasteiger partial charge in [-0.2, -0.15) is 13.2 Å². The maximum Gasteiger partial charge on any atom is 0.417 e. The Labute approximate surface area is 83.8 Å². The summed E-state index contributed by atoms with van der Waals surface area (Å²) in [5.41, 5.74) is -2.64. The third-order valence-electron chi connectivity index (χ3n) is 2.48. The van der Waals surface area contributed by atoms with Crippen LogP contribution in [-0.2, 0) is 4.74 Å². The molecule has 0 aliphatic carbocycles. The van der Waals surface area contributed by atoms with E-state index in [9.17, 15) is 13.2 Å². The van der Waals surface area contributed by atoms with Crippen molar-refractivity contribution >= 4 is 15.9 Å². The molecule has 0 saturated carbocycles. The van der Waals surface area contributed by atoms with Crippen molar-refractivity contribution in [1.29, 1.82) is 0 Å². The summed E-state index contributed by atoms with van der Waals surface area (Å²) >= 11 is 3.16. The second-order valence-corrected chi connectivity index (χ2v) is 4.47. The summed E-state index contributed by atoms with van der Waals surface area (Å²) in [5.74, 6) is 0. The molecule has 1 saturated heterocycles. The highest BCUT2D eigenvalue weighted by Gasteiger charge is 2.59. The first-order valence-electron chi connectivity index (χ1n) is 4.05. The summed E-state index contributed by atoms with van der Waals surface area (Å²) in [6, 6.07) is 0. The molecule has 0 spiro atoms. The molecule has 1 aliphatic heterocycles. The maximum absolute atomic E-state index is 12.5. The van der Waals surface area contributed by atoms with Gasteiger partial charge in [-0.1, -0.05) is 15.9 Å². The molecule has 1 aliphatic rings. The third kappa shape index (κ3) is 2.01. The number of hydrogen-bond acceptors (Lipinski definition) is 1. The first-order valence-corrected chi connectivity index (χ1v) is 5.17. The summed E-state index contributed by atoms with van der Waals surface area (Å²) in [6.45, 7) is 2.81. The van der Waals surface area contributed by atoms with E-state index in [-0.39, 0.29) is 6.42 Å². The van der Waals surface area contributed by atoms with Crippen LogP contribution >= 0.6 is 15.9 Å². The molecule has 1 rings (SSSR count). The normalized spacial score (nSPS) is 41.1. The van der Waals surface area contributed by atoms with Crippen molar-refractivity contribution in [1.82, 2.24) is 0 Å². The molecular weight excluding hydrogens is 249 g/mol. The van der Waals surface area contributed by atoms with Gasteiger partial charge in [0, 0.05) is 5.33 Å². The zero-order valence-corrected chi connectivity index (χ0v) is 9.13. The van der Waals surface area contributed by atoms with Gasteiger partial charge in [0.2, 0.25) is 0 Å². The summed E-state index contributed by atoms with van der Waals surface area (Å²) < 4.78 is 42.5. The van der Waals surface area contributed by atoms with Crippen LogP contribution in [0.4, 0.5) is 13.2 Å². The second kappa shape index (κ2) is 3.12. The van der Waals surface area contributed by atoms with E-state index in [4.69, 9.17) is 4.74 Å². The first kappa shape index (κ1) is 11.3. The van der Waals surface area contributed by atoms with Gasteiger partial charge in [0.1, 0.15) is 0 Å². The van der Waals surface area contributed by atoms with E-state index >= 15 is 0 Å². The van der Waals surface area contributed by atoms with Gasteiger partial charge in [-0.3, -0.25) is 0 Å². The van der Waals surface area contributed by atoms with E-state index in [1.807, 2.05) is 0 Å². The predicted molar refractivity (Wildman–Crippen MR) is 47.0 cm³/mol. The molecule has 2 atom stereocenters. The number of rotatable bonds is 1. The van der Waals surface area contributed by atoms with Crippen LogP contribution in [0.5, 0.6) is 0 Å². The van der Waals surface area contributed by atoms with Gasteiger partial charge in [0.05, 0.1) is 5.60 Å². The molecule has 13 heavy (non-hydrogen) atoms. The molecule has 0 bridgehead atoms. The van der Waals surface area contributed by atoms with Gasteiger partial charge in [-0.05, 0) is 26.7 Å². The zero-order valence-electron chi connectivity index (χ0n) is 7.54. The lowest BCUT2D eigenvalue weighted by atomic mass is 9.99. The van der Waals surface area contributed by atoms with Crippen LogP contribution in [0.1, 0.15) is 26.7 Å². The Balaban J connectivity index is 2.78. The van der Waals surface area contributed by atoms with Gasteiger partial charge in [-0.25, -0.2) is 0 Å².